The van der Waals surface area contributed by atoms with Crippen LogP contribution in [0, 0.1) is 0 Å². The summed E-state index contributed by atoms with van der Waals surface area (Å²) in [7, 11) is 2.01. The number of aryl methyl sites for hydroxylation is 2. The molecular formula is C19H21N3O3. The molecule has 6 nitrogen and oxygen atoms in total. The molecule has 0 atom stereocenters. The molecule has 0 saturated carbocycles. The van der Waals surface area contributed by atoms with Gasteiger partial charge >= 0.3 is 5.97 Å². The van der Waals surface area contributed by atoms with Gasteiger partial charge in [-0.2, -0.15) is 0 Å². The minimum atomic E-state index is -1.22. The number of H-pyrrole nitrogens is 1. The fourth-order valence-corrected chi connectivity index (χ4v) is 3.22. The van der Waals surface area contributed by atoms with E-state index in [1.807, 2.05) is 32.2 Å². The van der Waals surface area contributed by atoms with E-state index >= 15 is 0 Å². The highest BCUT2D eigenvalue weighted by molar-refractivity contribution is 5.89. The normalized spacial score (nSPS) is 11.2. The molecule has 0 unspecified atom stereocenters. The number of carboxylic acid groups (broad SMARTS) is 1. The van der Waals surface area contributed by atoms with Crippen molar-refractivity contribution in [1.29, 1.82) is 0 Å². The zero-order chi connectivity index (χ0) is 18.1. The Morgan fingerprint density at radius 2 is 2.04 bits per heavy atom. The molecule has 0 aliphatic heterocycles. The van der Waals surface area contributed by atoms with Crippen LogP contribution >= 0.6 is 0 Å². The lowest BCUT2D eigenvalue weighted by atomic mass is 10.0. The minimum absolute atomic E-state index is 0.230. The summed E-state index contributed by atoms with van der Waals surface area (Å²) in [5.74, 6) is -1.22. The van der Waals surface area contributed by atoms with Crippen molar-refractivity contribution in [3.63, 3.8) is 0 Å². The van der Waals surface area contributed by atoms with Gasteiger partial charge in [-0.25, -0.2) is 4.79 Å². The highest BCUT2D eigenvalue weighted by Gasteiger charge is 2.15. The van der Waals surface area contributed by atoms with Crippen LogP contribution < -0.4 is 11.3 Å². The Morgan fingerprint density at radius 1 is 1.28 bits per heavy atom. The lowest BCUT2D eigenvalue weighted by Gasteiger charge is -2.10. The van der Waals surface area contributed by atoms with Crippen LogP contribution in [0.15, 0.2) is 35.1 Å². The van der Waals surface area contributed by atoms with Gasteiger partial charge < -0.3 is 20.4 Å². The van der Waals surface area contributed by atoms with Crippen molar-refractivity contribution < 1.29 is 9.90 Å². The van der Waals surface area contributed by atoms with Gasteiger partial charge in [0.2, 0.25) is 0 Å². The number of nitrogens with one attached hydrogen (secondary N) is 1. The van der Waals surface area contributed by atoms with Gasteiger partial charge in [-0.1, -0.05) is 13.0 Å². The number of hydrogen-bond donors (Lipinski definition) is 3. The van der Waals surface area contributed by atoms with Crippen molar-refractivity contribution >= 4 is 16.9 Å². The first-order valence-electron chi connectivity index (χ1n) is 8.24. The van der Waals surface area contributed by atoms with E-state index in [0.717, 1.165) is 34.1 Å². The number of hydrogen-bond acceptors (Lipinski definition) is 3. The second-order valence-electron chi connectivity index (χ2n) is 6.08. The summed E-state index contributed by atoms with van der Waals surface area (Å²) in [6, 6.07) is 9.53. The third-order valence-electron chi connectivity index (χ3n) is 4.57. The van der Waals surface area contributed by atoms with Gasteiger partial charge in [-0.3, -0.25) is 4.79 Å². The summed E-state index contributed by atoms with van der Waals surface area (Å²) in [5, 5.41) is 10.2. The second-order valence-corrected chi connectivity index (χ2v) is 6.08. The Balaban J connectivity index is 2.17. The molecule has 0 aliphatic carbocycles. The van der Waals surface area contributed by atoms with Crippen LogP contribution in [0.2, 0.25) is 0 Å². The summed E-state index contributed by atoms with van der Waals surface area (Å²) in [6.07, 6.45) is 1.42. The molecule has 2 heterocycles. The number of carbonyl (C=O) groups is 1. The Kier molecular flexibility index (Phi) is 4.46. The topological polar surface area (TPSA) is 101 Å². The Labute approximate surface area is 144 Å². The number of aromatic carboxylic acids is 1. The molecule has 0 spiro atoms. The number of nitrogens with zero attached hydrogens (tertiary/aromatic N) is 1. The molecular weight excluding hydrogens is 318 g/mol. The van der Waals surface area contributed by atoms with Crippen LogP contribution in [-0.4, -0.2) is 27.2 Å². The maximum absolute atomic E-state index is 12.1. The van der Waals surface area contributed by atoms with Crippen LogP contribution in [0.25, 0.3) is 22.2 Å². The molecule has 0 aliphatic rings. The highest BCUT2D eigenvalue weighted by Crippen LogP contribution is 2.27. The van der Waals surface area contributed by atoms with Gasteiger partial charge in [0.1, 0.15) is 5.56 Å². The van der Waals surface area contributed by atoms with Gasteiger partial charge in [0.15, 0.2) is 0 Å². The first-order valence-corrected chi connectivity index (χ1v) is 8.24. The molecule has 0 bridgehead atoms. The number of pyridine rings is 1. The largest absolute Gasteiger partial charge is 0.477 e. The van der Waals surface area contributed by atoms with Crippen molar-refractivity contribution in [3.8, 4) is 11.3 Å². The van der Waals surface area contributed by atoms with Crippen LogP contribution in [0.3, 0.4) is 0 Å². The lowest BCUT2D eigenvalue weighted by molar-refractivity contribution is 0.0695. The van der Waals surface area contributed by atoms with Gasteiger partial charge in [-0.05, 0) is 54.8 Å². The molecule has 1 aromatic carbocycles. The molecule has 0 fully saturated rings. The fourth-order valence-electron chi connectivity index (χ4n) is 3.22. The summed E-state index contributed by atoms with van der Waals surface area (Å²) in [6.45, 7) is 2.52. The lowest BCUT2D eigenvalue weighted by Crippen LogP contribution is -2.19. The average molecular weight is 339 g/mol. The summed E-state index contributed by atoms with van der Waals surface area (Å²) >= 11 is 0. The van der Waals surface area contributed by atoms with Crippen molar-refractivity contribution in [2.45, 2.75) is 19.8 Å². The number of fused-ring (bicyclic) bond motifs is 1. The summed E-state index contributed by atoms with van der Waals surface area (Å²) in [4.78, 5) is 26.0. The van der Waals surface area contributed by atoms with E-state index in [1.54, 1.807) is 0 Å². The van der Waals surface area contributed by atoms with Crippen LogP contribution in [-0.2, 0) is 19.9 Å². The van der Waals surface area contributed by atoms with Crippen LogP contribution in [0.4, 0.5) is 0 Å². The minimum Gasteiger partial charge on any atom is -0.477 e. The van der Waals surface area contributed by atoms with E-state index in [4.69, 9.17) is 10.8 Å². The van der Waals surface area contributed by atoms with Crippen molar-refractivity contribution in [2.75, 3.05) is 6.54 Å². The predicted octanol–water partition coefficient (Wildman–Crippen LogP) is 2.30. The molecule has 2 aromatic heterocycles. The number of aromatic amines is 1. The number of benzene rings is 1. The highest BCUT2D eigenvalue weighted by atomic mass is 16.4. The van der Waals surface area contributed by atoms with E-state index in [0.29, 0.717) is 18.7 Å². The molecule has 0 radical (unpaired) electrons. The first-order chi connectivity index (χ1) is 12.0. The summed E-state index contributed by atoms with van der Waals surface area (Å²) < 4.78 is 2.11. The van der Waals surface area contributed by atoms with Crippen LogP contribution in [0.5, 0.6) is 0 Å². The number of nitrogens with two attached hydrogens (primary N) is 1. The number of aromatic nitrogens is 2. The molecule has 3 rings (SSSR count). The summed E-state index contributed by atoms with van der Waals surface area (Å²) in [5.41, 5.74) is 9.43. The maximum atomic E-state index is 12.1. The van der Waals surface area contributed by atoms with Gasteiger partial charge in [0.05, 0.1) is 5.69 Å². The molecule has 0 saturated heterocycles. The quantitative estimate of drug-likeness (QED) is 0.664. The van der Waals surface area contributed by atoms with E-state index in [-0.39, 0.29) is 5.56 Å². The van der Waals surface area contributed by atoms with Crippen molar-refractivity contribution in [2.24, 2.45) is 12.8 Å². The second kappa shape index (κ2) is 6.57. The van der Waals surface area contributed by atoms with Gasteiger partial charge in [0.25, 0.3) is 5.56 Å². The van der Waals surface area contributed by atoms with Gasteiger partial charge in [0, 0.05) is 23.6 Å². The Bertz CT molecular complexity index is 1010. The van der Waals surface area contributed by atoms with E-state index < -0.39 is 11.5 Å². The zero-order valence-corrected chi connectivity index (χ0v) is 14.3. The standard InChI is InChI=1S/C19H21N3O3/c1-3-11-10-15(19(24)25)18(23)21-17(11)12-4-5-16-13(8-12)9-14(6-7-20)22(16)2/h4-5,8-10H,3,6-7,20H2,1-2H3,(H,21,23)(H,24,25). The smallest absolute Gasteiger partial charge is 0.341 e. The number of rotatable bonds is 5. The molecule has 3 aromatic rings. The van der Waals surface area contributed by atoms with Crippen LogP contribution in [0.1, 0.15) is 28.5 Å². The third-order valence-corrected chi connectivity index (χ3v) is 4.57. The average Bonchev–Trinajstić information content (AvgIpc) is 2.90. The van der Waals surface area contributed by atoms with Crippen molar-refractivity contribution in [1.82, 2.24) is 9.55 Å². The maximum Gasteiger partial charge on any atom is 0.341 e. The Hall–Kier alpha value is -2.86. The van der Waals surface area contributed by atoms with Crippen molar-refractivity contribution in [3.05, 3.63) is 57.5 Å². The third kappa shape index (κ3) is 2.96. The molecule has 130 valence electrons. The van der Waals surface area contributed by atoms with E-state index in [1.165, 1.54) is 6.07 Å². The molecule has 0 amide bonds. The molecule has 4 N–H and O–H groups in total. The molecule has 6 heteroatoms. The SMILES string of the molecule is CCc1cc(C(=O)O)c(=O)[nH]c1-c1ccc2c(c1)cc(CCN)n2C. The predicted molar refractivity (Wildman–Crippen MR) is 98.1 cm³/mol. The zero-order valence-electron chi connectivity index (χ0n) is 14.3. The van der Waals surface area contributed by atoms with Gasteiger partial charge in [-0.15, -0.1) is 0 Å². The van der Waals surface area contributed by atoms with E-state index in [9.17, 15) is 9.59 Å². The molecule has 25 heavy (non-hydrogen) atoms. The first kappa shape index (κ1) is 17.0. The number of carboxylic acids is 1. The Morgan fingerprint density at radius 3 is 2.68 bits per heavy atom. The van der Waals surface area contributed by atoms with E-state index in [2.05, 4.69) is 15.6 Å². The monoisotopic (exact) mass is 339 g/mol. The fraction of sp³-hybridized carbons (Fsp3) is 0.263.